The lowest BCUT2D eigenvalue weighted by atomic mass is 9.89. The van der Waals surface area contributed by atoms with Gasteiger partial charge in [-0.1, -0.05) is 24.3 Å². The van der Waals surface area contributed by atoms with E-state index in [-0.39, 0.29) is 5.91 Å². The van der Waals surface area contributed by atoms with Crippen LogP contribution in [-0.4, -0.2) is 23.5 Å². The lowest BCUT2D eigenvalue weighted by Crippen LogP contribution is -2.37. The van der Waals surface area contributed by atoms with Gasteiger partial charge in [0.25, 0.3) is 0 Å². The molecule has 1 aliphatic heterocycles. The molecule has 1 aliphatic carbocycles. The molecule has 0 aromatic heterocycles. The Kier molecular flexibility index (Phi) is 4.49. The third kappa shape index (κ3) is 3.12. The SMILES string of the molecule is O=C(O)c1cccc2c1CCCN2C(=O)Cc1ccc2c(c1)CCCC2. The normalized spacial score (nSPS) is 15.9. The van der Waals surface area contributed by atoms with Crippen LogP contribution >= 0.6 is 0 Å². The van der Waals surface area contributed by atoms with Crippen LogP contribution in [0.25, 0.3) is 0 Å². The standard InChI is InChI=1S/C22H23NO3/c24-21(14-15-10-11-16-5-1-2-6-17(16)13-15)23-12-4-8-18-19(22(25)26)7-3-9-20(18)23/h3,7,9-11,13H,1-2,4-6,8,12,14H2,(H,25,26). The first-order valence-electron chi connectivity index (χ1n) is 9.40. The number of carboxylic acid groups (broad SMARTS) is 1. The van der Waals surface area contributed by atoms with Crippen LogP contribution in [0.2, 0.25) is 0 Å². The van der Waals surface area contributed by atoms with Crippen molar-refractivity contribution in [3.05, 3.63) is 64.2 Å². The number of hydrogen-bond donors (Lipinski definition) is 1. The third-order valence-electron chi connectivity index (χ3n) is 5.55. The van der Waals surface area contributed by atoms with E-state index in [1.807, 2.05) is 6.07 Å². The van der Waals surface area contributed by atoms with Gasteiger partial charge in [-0.2, -0.15) is 0 Å². The highest BCUT2D eigenvalue weighted by Gasteiger charge is 2.26. The molecule has 2 aromatic rings. The minimum atomic E-state index is -0.925. The van der Waals surface area contributed by atoms with Crippen molar-refractivity contribution in [3.63, 3.8) is 0 Å². The van der Waals surface area contributed by atoms with Gasteiger partial charge >= 0.3 is 5.97 Å². The number of carbonyl (C=O) groups is 2. The lowest BCUT2D eigenvalue weighted by Gasteiger charge is -2.30. The molecule has 0 atom stereocenters. The summed E-state index contributed by atoms with van der Waals surface area (Å²) in [7, 11) is 0. The maximum Gasteiger partial charge on any atom is 0.336 e. The number of nitrogens with zero attached hydrogens (tertiary/aromatic N) is 1. The molecule has 2 aromatic carbocycles. The Morgan fingerprint density at radius 1 is 0.962 bits per heavy atom. The molecule has 4 rings (SSSR count). The molecule has 0 bridgehead atoms. The van der Waals surface area contributed by atoms with Crippen molar-refractivity contribution in [1.29, 1.82) is 0 Å². The maximum atomic E-state index is 13.0. The van der Waals surface area contributed by atoms with Gasteiger partial charge in [-0.3, -0.25) is 4.79 Å². The Bertz CT molecular complexity index is 872. The van der Waals surface area contributed by atoms with E-state index < -0.39 is 5.97 Å². The first-order chi connectivity index (χ1) is 12.6. The summed E-state index contributed by atoms with van der Waals surface area (Å²) in [6.07, 6.45) is 6.59. The number of rotatable bonds is 3. The summed E-state index contributed by atoms with van der Waals surface area (Å²) in [4.78, 5) is 26.2. The van der Waals surface area contributed by atoms with Crippen LogP contribution in [-0.2, 0) is 30.5 Å². The second-order valence-electron chi connectivity index (χ2n) is 7.24. The molecule has 0 radical (unpaired) electrons. The van der Waals surface area contributed by atoms with Crippen LogP contribution in [0.5, 0.6) is 0 Å². The van der Waals surface area contributed by atoms with Gasteiger partial charge in [-0.05, 0) is 72.9 Å². The van der Waals surface area contributed by atoms with Gasteiger partial charge in [-0.15, -0.1) is 0 Å². The number of carbonyl (C=O) groups excluding carboxylic acids is 1. The minimum Gasteiger partial charge on any atom is -0.478 e. The Morgan fingerprint density at radius 2 is 1.77 bits per heavy atom. The van der Waals surface area contributed by atoms with E-state index in [1.54, 1.807) is 17.0 Å². The first-order valence-corrected chi connectivity index (χ1v) is 9.40. The molecule has 26 heavy (non-hydrogen) atoms. The number of aryl methyl sites for hydroxylation is 2. The van der Waals surface area contributed by atoms with Crippen molar-refractivity contribution in [2.24, 2.45) is 0 Å². The van der Waals surface area contributed by atoms with E-state index in [2.05, 4.69) is 18.2 Å². The Balaban J connectivity index is 1.59. The summed E-state index contributed by atoms with van der Waals surface area (Å²) in [5.41, 5.74) is 5.71. The lowest BCUT2D eigenvalue weighted by molar-refractivity contribution is -0.118. The van der Waals surface area contributed by atoms with Gasteiger partial charge < -0.3 is 10.0 Å². The molecular weight excluding hydrogens is 326 g/mol. The van der Waals surface area contributed by atoms with Crippen molar-refractivity contribution < 1.29 is 14.7 Å². The number of aromatic carboxylic acids is 1. The van der Waals surface area contributed by atoms with Crippen LogP contribution < -0.4 is 4.90 Å². The molecule has 1 amide bonds. The molecule has 0 saturated heterocycles. The molecule has 1 heterocycles. The third-order valence-corrected chi connectivity index (χ3v) is 5.55. The van der Waals surface area contributed by atoms with Crippen molar-refractivity contribution in [1.82, 2.24) is 0 Å². The van der Waals surface area contributed by atoms with E-state index >= 15 is 0 Å². The predicted molar refractivity (Wildman–Crippen MR) is 101 cm³/mol. The molecule has 4 heteroatoms. The largest absolute Gasteiger partial charge is 0.478 e. The zero-order chi connectivity index (χ0) is 18.1. The molecule has 1 N–H and O–H groups in total. The maximum absolute atomic E-state index is 13.0. The average Bonchev–Trinajstić information content (AvgIpc) is 2.66. The van der Waals surface area contributed by atoms with Crippen molar-refractivity contribution in [2.75, 3.05) is 11.4 Å². The fraction of sp³-hybridized carbons (Fsp3) is 0.364. The van der Waals surface area contributed by atoms with E-state index in [1.165, 1.54) is 24.0 Å². The molecule has 2 aliphatic rings. The van der Waals surface area contributed by atoms with E-state index in [9.17, 15) is 14.7 Å². The molecule has 4 nitrogen and oxygen atoms in total. The number of benzene rings is 2. The molecule has 0 spiro atoms. The predicted octanol–water partition coefficient (Wildman–Crippen LogP) is 3.79. The number of anilines is 1. The summed E-state index contributed by atoms with van der Waals surface area (Å²) in [6, 6.07) is 11.6. The van der Waals surface area contributed by atoms with Gasteiger partial charge in [0.15, 0.2) is 0 Å². The molecule has 0 unspecified atom stereocenters. The summed E-state index contributed by atoms with van der Waals surface area (Å²) < 4.78 is 0. The Hall–Kier alpha value is -2.62. The van der Waals surface area contributed by atoms with Crippen LogP contribution in [0.1, 0.15) is 51.9 Å². The monoisotopic (exact) mass is 349 g/mol. The fourth-order valence-corrected chi connectivity index (χ4v) is 4.25. The van der Waals surface area contributed by atoms with Gasteiger partial charge in [0.05, 0.1) is 12.0 Å². The van der Waals surface area contributed by atoms with E-state index in [0.29, 0.717) is 24.9 Å². The highest BCUT2D eigenvalue weighted by atomic mass is 16.4. The highest BCUT2D eigenvalue weighted by molar-refractivity contribution is 5.99. The topological polar surface area (TPSA) is 57.6 Å². The fourth-order valence-electron chi connectivity index (χ4n) is 4.25. The highest BCUT2D eigenvalue weighted by Crippen LogP contribution is 2.31. The van der Waals surface area contributed by atoms with Crippen LogP contribution in [0.3, 0.4) is 0 Å². The molecule has 0 saturated carbocycles. The second-order valence-corrected chi connectivity index (χ2v) is 7.24. The van der Waals surface area contributed by atoms with Crippen molar-refractivity contribution in [3.8, 4) is 0 Å². The summed E-state index contributed by atoms with van der Waals surface area (Å²) in [6.45, 7) is 0.653. The van der Waals surface area contributed by atoms with Gasteiger partial charge in [0, 0.05) is 12.2 Å². The number of amides is 1. The molecule has 134 valence electrons. The number of fused-ring (bicyclic) bond motifs is 2. The van der Waals surface area contributed by atoms with Crippen LogP contribution in [0, 0.1) is 0 Å². The first kappa shape index (κ1) is 16.8. The van der Waals surface area contributed by atoms with Crippen molar-refractivity contribution >= 4 is 17.6 Å². The van der Waals surface area contributed by atoms with E-state index in [4.69, 9.17) is 0 Å². The zero-order valence-electron chi connectivity index (χ0n) is 14.8. The molecular formula is C22H23NO3. The van der Waals surface area contributed by atoms with Gasteiger partial charge in [0.1, 0.15) is 0 Å². The zero-order valence-corrected chi connectivity index (χ0v) is 14.8. The summed E-state index contributed by atoms with van der Waals surface area (Å²) in [5, 5.41) is 9.41. The Morgan fingerprint density at radius 3 is 2.58 bits per heavy atom. The summed E-state index contributed by atoms with van der Waals surface area (Å²) >= 11 is 0. The van der Waals surface area contributed by atoms with Gasteiger partial charge in [-0.25, -0.2) is 4.79 Å². The summed E-state index contributed by atoms with van der Waals surface area (Å²) in [5.74, 6) is -0.880. The minimum absolute atomic E-state index is 0.0456. The van der Waals surface area contributed by atoms with E-state index in [0.717, 1.165) is 36.1 Å². The number of hydrogen-bond acceptors (Lipinski definition) is 2. The number of carboxylic acids is 1. The average molecular weight is 349 g/mol. The van der Waals surface area contributed by atoms with Crippen LogP contribution in [0.4, 0.5) is 5.69 Å². The van der Waals surface area contributed by atoms with Crippen molar-refractivity contribution in [2.45, 2.75) is 44.9 Å². The second kappa shape index (κ2) is 6.94. The quantitative estimate of drug-likeness (QED) is 0.917. The Labute approximate surface area is 153 Å². The van der Waals surface area contributed by atoms with Gasteiger partial charge in [0.2, 0.25) is 5.91 Å². The smallest absolute Gasteiger partial charge is 0.336 e. The van der Waals surface area contributed by atoms with Crippen LogP contribution in [0.15, 0.2) is 36.4 Å². The molecule has 0 fully saturated rings.